The van der Waals surface area contributed by atoms with E-state index in [1.807, 2.05) is 18.2 Å². The molecule has 0 aliphatic carbocycles. The first kappa shape index (κ1) is 17.0. The molecule has 5 nitrogen and oxygen atoms in total. The summed E-state index contributed by atoms with van der Waals surface area (Å²) < 4.78 is 22.6. The molecule has 1 aromatic rings. The van der Waals surface area contributed by atoms with Gasteiger partial charge in [0.1, 0.15) is 0 Å². The lowest BCUT2D eigenvalue weighted by atomic mass is 10.1. The molecule has 0 bridgehead atoms. The molecule has 1 aromatic carbocycles. The fourth-order valence-corrected chi connectivity index (χ4v) is 4.31. The Morgan fingerprint density at radius 3 is 2.64 bits per heavy atom. The van der Waals surface area contributed by atoms with E-state index < -0.39 is 9.84 Å². The van der Waals surface area contributed by atoms with Crippen molar-refractivity contribution in [3.8, 4) is 0 Å². The van der Waals surface area contributed by atoms with Crippen LogP contribution in [0.2, 0.25) is 0 Å². The van der Waals surface area contributed by atoms with Crippen LogP contribution < -0.4 is 10.6 Å². The van der Waals surface area contributed by atoms with E-state index in [9.17, 15) is 13.2 Å². The van der Waals surface area contributed by atoms with Crippen LogP contribution in [0.4, 0.5) is 0 Å². The van der Waals surface area contributed by atoms with Gasteiger partial charge in [-0.15, -0.1) is 0 Å². The molecule has 1 heterocycles. The molecule has 122 valence electrons. The topological polar surface area (TPSA) is 75.3 Å². The van der Waals surface area contributed by atoms with E-state index in [1.165, 1.54) is 5.56 Å². The normalized spacial score (nSPS) is 19.9. The predicted octanol–water partition coefficient (Wildman–Crippen LogP) is 0.902. The van der Waals surface area contributed by atoms with Crippen molar-refractivity contribution in [2.75, 3.05) is 24.6 Å². The van der Waals surface area contributed by atoms with Crippen molar-refractivity contribution in [3.63, 3.8) is 0 Å². The van der Waals surface area contributed by atoms with Gasteiger partial charge in [0.05, 0.1) is 11.5 Å². The Bertz CT molecular complexity index is 572. The smallest absolute Gasteiger partial charge is 0.221 e. The van der Waals surface area contributed by atoms with Crippen molar-refractivity contribution < 1.29 is 13.2 Å². The first-order valence-electron chi connectivity index (χ1n) is 7.79. The Morgan fingerprint density at radius 2 is 1.95 bits per heavy atom. The van der Waals surface area contributed by atoms with Gasteiger partial charge in [-0.05, 0) is 24.8 Å². The molecule has 0 radical (unpaired) electrons. The van der Waals surface area contributed by atoms with Crippen molar-refractivity contribution in [2.24, 2.45) is 0 Å². The molecule has 0 spiro atoms. The summed E-state index contributed by atoms with van der Waals surface area (Å²) in [6, 6.07) is 10.2. The maximum atomic E-state index is 11.7. The van der Waals surface area contributed by atoms with E-state index >= 15 is 0 Å². The minimum absolute atomic E-state index is 0.0101. The molecule has 1 aliphatic rings. The zero-order valence-corrected chi connectivity index (χ0v) is 13.6. The Kier molecular flexibility index (Phi) is 6.39. The van der Waals surface area contributed by atoms with E-state index in [1.54, 1.807) is 0 Å². The second-order valence-electron chi connectivity index (χ2n) is 5.74. The number of sulfone groups is 1. The van der Waals surface area contributed by atoms with Gasteiger partial charge in [-0.1, -0.05) is 30.3 Å². The molecule has 1 atom stereocenters. The lowest BCUT2D eigenvalue weighted by Crippen LogP contribution is -2.34. The largest absolute Gasteiger partial charge is 0.356 e. The first-order chi connectivity index (χ1) is 10.6. The van der Waals surface area contributed by atoms with E-state index in [2.05, 4.69) is 22.8 Å². The number of aryl methyl sites for hydroxylation is 1. The van der Waals surface area contributed by atoms with Crippen molar-refractivity contribution >= 4 is 15.7 Å². The maximum absolute atomic E-state index is 11.7. The standard InChI is InChI=1S/C16H24N2O3S/c19-16(8-11-17-15-9-12-22(20,21)13-15)18-10-4-7-14-5-2-1-3-6-14/h1-3,5-6,15,17H,4,7-13H2,(H,18,19). The van der Waals surface area contributed by atoms with Crippen LogP contribution in [0.15, 0.2) is 30.3 Å². The number of benzene rings is 1. The highest BCUT2D eigenvalue weighted by Gasteiger charge is 2.27. The predicted molar refractivity (Wildman–Crippen MR) is 87.5 cm³/mol. The molecule has 0 saturated carbocycles. The second kappa shape index (κ2) is 8.29. The molecule has 1 fully saturated rings. The zero-order chi connectivity index (χ0) is 15.8. The van der Waals surface area contributed by atoms with Crippen LogP contribution in [-0.4, -0.2) is 45.0 Å². The highest BCUT2D eigenvalue weighted by atomic mass is 32.2. The number of hydrogen-bond donors (Lipinski definition) is 2. The minimum atomic E-state index is -2.85. The number of carbonyl (C=O) groups excluding carboxylic acids is 1. The van der Waals surface area contributed by atoms with Gasteiger partial charge in [0.15, 0.2) is 9.84 Å². The third kappa shape index (κ3) is 6.15. The molecular weight excluding hydrogens is 300 g/mol. The van der Waals surface area contributed by atoms with Crippen LogP contribution in [0.25, 0.3) is 0 Å². The Morgan fingerprint density at radius 1 is 1.18 bits per heavy atom. The molecule has 2 rings (SSSR count). The van der Waals surface area contributed by atoms with Gasteiger partial charge in [-0.25, -0.2) is 8.42 Å². The number of nitrogens with one attached hydrogen (secondary N) is 2. The summed E-state index contributed by atoms with van der Waals surface area (Å²) in [7, 11) is -2.85. The van der Waals surface area contributed by atoms with Gasteiger partial charge in [-0.3, -0.25) is 4.79 Å². The van der Waals surface area contributed by atoms with Crippen LogP contribution in [-0.2, 0) is 21.1 Å². The molecule has 1 saturated heterocycles. The van der Waals surface area contributed by atoms with Crippen LogP contribution in [0, 0.1) is 0 Å². The molecule has 0 aromatic heterocycles. The van der Waals surface area contributed by atoms with E-state index in [0.29, 0.717) is 25.9 Å². The monoisotopic (exact) mass is 324 g/mol. The van der Waals surface area contributed by atoms with Crippen LogP contribution in [0.5, 0.6) is 0 Å². The van der Waals surface area contributed by atoms with E-state index in [-0.39, 0.29) is 23.5 Å². The number of rotatable bonds is 8. The van der Waals surface area contributed by atoms with Gasteiger partial charge >= 0.3 is 0 Å². The van der Waals surface area contributed by atoms with Crippen molar-refractivity contribution in [1.29, 1.82) is 0 Å². The van der Waals surface area contributed by atoms with Gasteiger partial charge in [0.2, 0.25) is 5.91 Å². The number of hydrogen-bond acceptors (Lipinski definition) is 4. The highest BCUT2D eigenvalue weighted by molar-refractivity contribution is 7.91. The Balaban J connectivity index is 1.51. The van der Waals surface area contributed by atoms with E-state index in [4.69, 9.17) is 0 Å². The average Bonchev–Trinajstić information content (AvgIpc) is 2.84. The van der Waals surface area contributed by atoms with Crippen molar-refractivity contribution in [3.05, 3.63) is 35.9 Å². The minimum Gasteiger partial charge on any atom is -0.356 e. The van der Waals surface area contributed by atoms with Crippen LogP contribution in [0.3, 0.4) is 0 Å². The summed E-state index contributed by atoms with van der Waals surface area (Å²) in [6.07, 6.45) is 2.92. The first-order valence-corrected chi connectivity index (χ1v) is 9.62. The maximum Gasteiger partial charge on any atom is 0.221 e. The van der Waals surface area contributed by atoms with E-state index in [0.717, 1.165) is 12.8 Å². The molecule has 22 heavy (non-hydrogen) atoms. The van der Waals surface area contributed by atoms with Crippen molar-refractivity contribution in [1.82, 2.24) is 10.6 Å². The second-order valence-corrected chi connectivity index (χ2v) is 7.97. The summed E-state index contributed by atoms with van der Waals surface area (Å²) in [5.41, 5.74) is 1.28. The number of amides is 1. The summed E-state index contributed by atoms with van der Waals surface area (Å²) in [5.74, 6) is 0.476. The molecule has 1 aliphatic heterocycles. The lowest BCUT2D eigenvalue weighted by molar-refractivity contribution is -0.121. The Hall–Kier alpha value is -1.40. The average molecular weight is 324 g/mol. The Labute approximate surface area is 132 Å². The molecule has 2 N–H and O–H groups in total. The van der Waals surface area contributed by atoms with Crippen LogP contribution in [0.1, 0.15) is 24.8 Å². The molecule has 1 amide bonds. The summed E-state index contributed by atoms with van der Waals surface area (Å²) >= 11 is 0. The SMILES string of the molecule is O=C(CCNC1CCS(=O)(=O)C1)NCCCc1ccccc1. The summed E-state index contributed by atoms with van der Waals surface area (Å²) in [6.45, 7) is 1.20. The summed E-state index contributed by atoms with van der Waals surface area (Å²) in [4.78, 5) is 11.7. The molecular formula is C16H24N2O3S. The van der Waals surface area contributed by atoms with Crippen LogP contribution >= 0.6 is 0 Å². The van der Waals surface area contributed by atoms with Gasteiger partial charge in [0, 0.05) is 25.6 Å². The lowest BCUT2D eigenvalue weighted by Gasteiger charge is -2.10. The fraction of sp³-hybridized carbons (Fsp3) is 0.562. The quantitative estimate of drug-likeness (QED) is 0.697. The molecule has 6 heteroatoms. The third-order valence-electron chi connectivity index (χ3n) is 3.82. The third-order valence-corrected chi connectivity index (χ3v) is 5.59. The highest BCUT2D eigenvalue weighted by Crippen LogP contribution is 2.10. The fourth-order valence-electron chi connectivity index (χ4n) is 2.60. The van der Waals surface area contributed by atoms with Gasteiger partial charge < -0.3 is 10.6 Å². The number of carbonyl (C=O) groups is 1. The summed E-state index contributed by atoms with van der Waals surface area (Å²) in [5, 5.41) is 6.04. The van der Waals surface area contributed by atoms with Gasteiger partial charge in [-0.2, -0.15) is 0 Å². The zero-order valence-electron chi connectivity index (χ0n) is 12.8. The van der Waals surface area contributed by atoms with Gasteiger partial charge in [0.25, 0.3) is 0 Å². The molecule has 1 unspecified atom stereocenters. The van der Waals surface area contributed by atoms with Crippen molar-refractivity contribution in [2.45, 2.75) is 31.7 Å².